The van der Waals surface area contributed by atoms with E-state index in [1.807, 2.05) is 30.3 Å². The molecule has 140 valence electrons. The van der Waals surface area contributed by atoms with E-state index in [1.54, 1.807) is 29.2 Å². The molecule has 0 radical (unpaired) electrons. The number of amides is 3. The second-order valence-electron chi connectivity index (χ2n) is 6.75. The van der Waals surface area contributed by atoms with Gasteiger partial charge in [-0.3, -0.25) is 14.4 Å². The number of rotatable bonds is 8. The topological polar surface area (TPSA) is 92.5 Å². The van der Waals surface area contributed by atoms with Gasteiger partial charge in [-0.05, 0) is 36.1 Å². The summed E-state index contributed by atoms with van der Waals surface area (Å²) in [6.45, 7) is 0.443. The summed E-state index contributed by atoms with van der Waals surface area (Å²) in [5.74, 6) is -0.744. The fourth-order valence-electron chi connectivity index (χ4n) is 2.90. The first kappa shape index (κ1) is 18.6. The molecule has 0 spiro atoms. The molecule has 0 heterocycles. The number of carbonyl (C=O) groups excluding carboxylic acids is 3. The van der Waals surface area contributed by atoms with Gasteiger partial charge >= 0.3 is 0 Å². The molecule has 6 nitrogen and oxygen atoms in total. The molecule has 0 bridgehead atoms. The zero-order valence-corrected chi connectivity index (χ0v) is 15.1. The molecule has 1 saturated carbocycles. The van der Waals surface area contributed by atoms with E-state index in [4.69, 9.17) is 5.73 Å². The Morgan fingerprint density at radius 2 is 1.63 bits per heavy atom. The van der Waals surface area contributed by atoms with E-state index in [2.05, 4.69) is 5.32 Å². The van der Waals surface area contributed by atoms with Gasteiger partial charge in [0, 0.05) is 18.2 Å². The van der Waals surface area contributed by atoms with Crippen molar-refractivity contribution >= 4 is 17.7 Å². The Bertz CT molecular complexity index is 814. The standard InChI is InChI=1S/C21H23N3O3/c22-21(27)17-8-6-16(7-9-17)14-24(18-10-11-18)20(26)13-23-19(25)12-15-4-2-1-3-5-15/h1-9,18H,10-14H2,(H2,22,27)(H,23,25). The number of nitrogens with one attached hydrogen (secondary N) is 1. The minimum Gasteiger partial charge on any atom is -0.366 e. The van der Waals surface area contributed by atoms with E-state index in [0.29, 0.717) is 12.1 Å². The fraction of sp³-hybridized carbons (Fsp3) is 0.286. The summed E-state index contributed by atoms with van der Waals surface area (Å²) in [5.41, 5.74) is 7.53. The van der Waals surface area contributed by atoms with Crippen LogP contribution in [0.25, 0.3) is 0 Å². The highest BCUT2D eigenvalue weighted by Gasteiger charge is 2.32. The fourth-order valence-corrected chi connectivity index (χ4v) is 2.90. The van der Waals surface area contributed by atoms with Crippen LogP contribution < -0.4 is 11.1 Å². The average molecular weight is 365 g/mol. The quantitative estimate of drug-likeness (QED) is 0.745. The molecule has 0 aromatic heterocycles. The van der Waals surface area contributed by atoms with E-state index in [1.165, 1.54) is 0 Å². The van der Waals surface area contributed by atoms with Crippen molar-refractivity contribution in [3.63, 3.8) is 0 Å². The third-order valence-corrected chi connectivity index (χ3v) is 4.54. The van der Waals surface area contributed by atoms with Crippen molar-refractivity contribution in [2.75, 3.05) is 6.54 Å². The van der Waals surface area contributed by atoms with Crippen LogP contribution in [0.5, 0.6) is 0 Å². The Kier molecular flexibility index (Phi) is 5.86. The molecular weight excluding hydrogens is 342 g/mol. The van der Waals surface area contributed by atoms with Crippen molar-refractivity contribution in [2.45, 2.75) is 31.8 Å². The van der Waals surface area contributed by atoms with Crippen molar-refractivity contribution in [2.24, 2.45) is 5.73 Å². The van der Waals surface area contributed by atoms with Crippen LogP contribution in [0, 0.1) is 0 Å². The van der Waals surface area contributed by atoms with Crippen molar-refractivity contribution in [3.8, 4) is 0 Å². The molecule has 2 aromatic rings. The molecule has 1 aliphatic rings. The van der Waals surface area contributed by atoms with Crippen LogP contribution in [0.15, 0.2) is 54.6 Å². The van der Waals surface area contributed by atoms with E-state index in [0.717, 1.165) is 24.0 Å². The zero-order chi connectivity index (χ0) is 19.2. The molecule has 0 aliphatic heterocycles. The molecule has 3 amide bonds. The lowest BCUT2D eigenvalue weighted by Gasteiger charge is -2.23. The first-order valence-corrected chi connectivity index (χ1v) is 9.02. The van der Waals surface area contributed by atoms with Crippen LogP contribution in [-0.4, -0.2) is 35.2 Å². The van der Waals surface area contributed by atoms with Crippen LogP contribution in [-0.2, 0) is 22.6 Å². The second-order valence-corrected chi connectivity index (χ2v) is 6.75. The lowest BCUT2D eigenvalue weighted by atomic mass is 10.1. The minimum absolute atomic E-state index is 0.0124. The smallest absolute Gasteiger partial charge is 0.248 e. The Balaban J connectivity index is 1.54. The molecule has 1 fully saturated rings. The Hall–Kier alpha value is -3.15. The summed E-state index contributed by atoms with van der Waals surface area (Å²) >= 11 is 0. The first-order valence-electron chi connectivity index (χ1n) is 9.02. The van der Waals surface area contributed by atoms with E-state index in [9.17, 15) is 14.4 Å². The van der Waals surface area contributed by atoms with E-state index >= 15 is 0 Å². The third-order valence-electron chi connectivity index (χ3n) is 4.54. The van der Waals surface area contributed by atoms with Crippen molar-refractivity contribution in [1.29, 1.82) is 0 Å². The number of hydrogen-bond donors (Lipinski definition) is 2. The van der Waals surface area contributed by atoms with Gasteiger partial charge in [0.25, 0.3) is 0 Å². The van der Waals surface area contributed by atoms with Crippen molar-refractivity contribution < 1.29 is 14.4 Å². The monoisotopic (exact) mass is 365 g/mol. The van der Waals surface area contributed by atoms with Gasteiger partial charge in [0.15, 0.2) is 0 Å². The molecule has 0 saturated heterocycles. The van der Waals surface area contributed by atoms with Crippen molar-refractivity contribution in [3.05, 3.63) is 71.3 Å². The average Bonchev–Trinajstić information content (AvgIpc) is 3.50. The number of nitrogens with two attached hydrogens (primary N) is 1. The van der Waals surface area contributed by atoms with E-state index < -0.39 is 5.91 Å². The summed E-state index contributed by atoms with van der Waals surface area (Å²) in [6, 6.07) is 16.6. The van der Waals surface area contributed by atoms with E-state index in [-0.39, 0.29) is 30.8 Å². The van der Waals surface area contributed by atoms with Gasteiger partial charge in [-0.2, -0.15) is 0 Å². The molecule has 6 heteroatoms. The van der Waals surface area contributed by atoms with Crippen LogP contribution in [0.1, 0.15) is 34.3 Å². The molecule has 3 rings (SSSR count). The molecule has 2 aromatic carbocycles. The Morgan fingerprint density at radius 1 is 0.963 bits per heavy atom. The maximum absolute atomic E-state index is 12.6. The maximum Gasteiger partial charge on any atom is 0.248 e. The lowest BCUT2D eigenvalue weighted by Crippen LogP contribution is -2.41. The van der Waals surface area contributed by atoms with Crippen LogP contribution >= 0.6 is 0 Å². The normalized spacial score (nSPS) is 13.0. The van der Waals surface area contributed by atoms with Gasteiger partial charge in [-0.25, -0.2) is 0 Å². The number of nitrogens with zero attached hydrogens (tertiary/aromatic N) is 1. The zero-order valence-electron chi connectivity index (χ0n) is 15.1. The van der Waals surface area contributed by atoms with Crippen LogP contribution in [0.4, 0.5) is 0 Å². The van der Waals surface area contributed by atoms with Gasteiger partial charge in [-0.15, -0.1) is 0 Å². The Morgan fingerprint density at radius 3 is 2.22 bits per heavy atom. The van der Waals surface area contributed by atoms with Gasteiger partial charge in [0.1, 0.15) is 0 Å². The summed E-state index contributed by atoms with van der Waals surface area (Å²) in [7, 11) is 0. The molecule has 1 aliphatic carbocycles. The third kappa shape index (κ3) is 5.41. The second kappa shape index (κ2) is 8.49. The molecular formula is C21H23N3O3. The molecule has 27 heavy (non-hydrogen) atoms. The first-order chi connectivity index (χ1) is 13.0. The SMILES string of the molecule is NC(=O)c1ccc(CN(C(=O)CNC(=O)Cc2ccccc2)C2CC2)cc1. The highest BCUT2D eigenvalue weighted by Crippen LogP contribution is 2.28. The predicted octanol–water partition coefficient (Wildman–Crippen LogP) is 1.64. The molecule has 0 atom stereocenters. The lowest BCUT2D eigenvalue weighted by molar-refractivity contribution is -0.133. The molecule has 0 unspecified atom stereocenters. The van der Waals surface area contributed by atoms with Crippen LogP contribution in [0.2, 0.25) is 0 Å². The summed E-state index contributed by atoms with van der Waals surface area (Å²) < 4.78 is 0. The van der Waals surface area contributed by atoms with Gasteiger partial charge in [0.2, 0.25) is 17.7 Å². The number of primary amides is 1. The van der Waals surface area contributed by atoms with Gasteiger partial charge in [0.05, 0.1) is 13.0 Å². The Labute approximate surface area is 158 Å². The summed E-state index contributed by atoms with van der Waals surface area (Å²) in [4.78, 5) is 37.6. The summed E-state index contributed by atoms with van der Waals surface area (Å²) in [5, 5.41) is 2.71. The maximum atomic E-state index is 12.6. The van der Waals surface area contributed by atoms with Gasteiger partial charge < -0.3 is 16.0 Å². The van der Waals surface area contributed by atoms with Gasteiger partial charge in [-0.1, -0.05) is 42.5 Å². The van der Waals surface area contributed by atoms with Crippen LogP contribution in [0.3, 0.4) is 0 Å². The number of benzene rings is 2. The largest absolute Gasteiger partial charge is 0.366 e. The summed E-state index contributed by atoms with van der Waals surface area (Å²) in [6.07, 6.45) is 2.21. The highest BCUT2D eigenvalue weighted by molar-refractivity contribution is 5.92. The van der Waals surface area contributed by atoms with Crippen molar-refractivity contribution in [1.82, 2.24) is 10.2 Å². The predicted molar refractivity (Wildman–Crippen MR) is 102 cm³/mol. The minimum atomic E-state index is -0.474. The molecule has 3 N–H and O–H groups in total. The number of hydrogen-bond acceptors (Lipinski definition) is 3. The highest BCUT2D eigenvalue weighted by atomic mass is 16.2. The number of carbonyl (C=O) groups is 3.